The summed E-state index contributed by atoms with van der Waals surface area (Å²) in [4.78, 5) is 0. The van der Waals surface area contributed by atoms with E-state index in [0.717, 1.165) is 6.54 Å². The minimum absolute atomic E-state index is 0.651. The van der Waals surface area contributed by atoms with E-state index in [4.69, 9.17) is 0 Å². The van der Waals surface area contributed by atoms with Crippen LogP contribution in [0, 0.1) is 0 Å². The Hall–Kier alpha value is -0.820. The summed E-state index contributed by atoms with van der Waals surface area (Å²) in [5, 5.41) is 3.64. The molecule has 1 N–H and O–H groups in total. The summed E-state index contributed by atoms with van der Waals surface area (Å²) in [6.45, 7) is 5.57. The lowest BCUT2D eigenvalue weighted by Crippen LogP contribution is -2.30. The molecule has 0 aliphatic carbocycles. The van der Waals surface area contributed by atoms with Crippen molar-refractivity contribution in [3.05, 3.63) is 35.9 Å². The van der Waals surface area contributed by atoms with E-state index in [-0.39, 0.29) is 0 Å². The normalized spacial score (nSPS) is 12.5. The van der Waals surface area contributed by atoms with Gasteiger partial charge in [-0.15, -0.1) is 0 Å². The largest absolute Gasteiger partial charge is 0.314 e. The lowest BCUT2D eigenvalue weighted by molar-refractivity contribution is 0.459. The molecule has 0 radical (unpaired) electrons. The minimum atomic E-state index is 0.651. The van der Waals surface area contributed by atoms with Gasteiger partial charge in [0.1, 0.15) is 0 Å². The van der Waals surface area contributed by atoms with Gasteiger partial charge in [-0.3, -0.25) is 0 Å². The van der Waals surface area contributed by atoms with Crippen LogP contribution in [0.2, 0.25) is 0 Å². The van der Waals surface area contributed by atoms with Gasteiger partial charge in [-0.05, 0) is 24.9 Å². The third-order valence-electron chi connectivity index (χ3n) is 3.97. The fraction of sp³-hybridized carbons (Fsp3) is 0.684. The maximum absolute atomic E-state index is 3.64. The number of likely N-dealkylation sites (N-methyl/N-ethyl adjacent to an activating group) is 1. The van der Waals surface area contributed by atoms with Gasteiger partial charge in [0.05, 0.1) is 0 Å². The Morgan fingerprint density at radius 3 is 2.15 bits per heavy atom. The van der Waals surface area contributed by atoms with Crippen LogP contribution in [0.3, 0.4) is 0 Å². The number of unbranched alkanes of at least 4 members (excludes halogenated alkanes) is 6. The molecule has 1 heteroatoms. The second kappa shape index (κ2) is 12.0. The summed E-state index contributed by atoms with van der Waals surface area (Å²) >= 11 is 0. The zero-order valence-corrected chi connectivity index (χ0v) is 13.5. The molecule has 0 amide bonds. The van der Waals surface area contributed by atoms with E-state index in [1.807, 2.05) is 0 Å². The van der Waals surface area contributed by atoms with Gasteiger partial charge in [0.15, 0.2) is 0 Å². The molecule has 0 aliphatic heterocycles. The standard InChI is InChI=1S/C19H33N/c1-3-5-6-7-8-9-13-16-19(20-4-2)17-18-14-11-10-12-15-18/h10-12,14-15,19-20H,3-9,13,16-17H2,1-2H3. The SMILES string of the molecule is CCCCCCCCCC(Cc1ccccc1)NCC. The fourth-order valence-electron chi connectivity index (χ4n) is 2.81. The smallest absolute Gasteiger partial charge is 0.0107 e. The maximum atomic E-state index is 3.64. The third kappa shape index (κ3) is 8.37. The molecule has 1 rings (SSSR count). The highest BCUT2D eigenvalue weighted by molar-refractivity contribution is 5.15. The van der Waals surface area contributed by atoms with Crippen molar-refractivity contribution < 1.29 is 0 Å². The van der Waals surface area contributed by atoms with E-state index in [2.05, 4.69) is 49.5 Å². The first-order valence-corrected chi connectivity index (χ1v) is 8.64. The van der Waals surface area contributed by atoms with Crippen molar-refractivity contribution in [2.24, 2.45) is 0 Å². The lowest BCUT2D eigenvalue weighted by Gasteiger charge is -2.18. The van der Waals surface area contributed by atoms with Crippen LogP contribution in [-0.4, -0.2) is 12.6 Å². The van der Waals surface area contributed by atoms with Crippen LogP contribution >= 0.6 is 0 Å². The van der Waals surface area contributed by atoms with Crippen molar-refractivity contribution in [2.75, 3.05) is 6.54 Å². The van der Waals surface area contributed by atoms with E-state index in [1.54, 1.807) is 0 Å². The number of rotatable bonds is 12. The molecule has 0 aromatic heterocycles. The zero-order chi connectivity index (χ0) is 14.5. The Kier molecular flexibility index (Phi) is 10.3. The monoisotopic (exact) mass is 275 g/mol. The minimum Gasteiger partial charge on any atom is -0.314 e. The maximum Gasteiger partial charge on any atom is 0.0107 e. The highest BCUT2D eigenvalue weighted by Gasteiger charge is 2.07. The molecule has 0 bridgehead atoms. The highest BCUT2D eigenvalue weighted by Crippen LogP contribution is 2.12. The predicted octanol–water partition coefficient (Wildman–Crippen LogP) is 5.35. The van der Waals surface area contributed by atoms with E-state index >= 15 is 0 Å². The van der Waals surface area contributed by atoms with Gasteiger partial charge in [0.2, 0.25) is 0 Å². The third-order valence-corrected chi connectivity index (χ3v) is 3.97. The average molecular weight is 275 g/mol. The van der Waals surface area contributed by atoms with E-state index in [1.165, 1.54) is 63.4 Å². The van der Waals surface area contributed by atoms with Crippen LogP contribution < -0.4 is 5.32 Å². The molecular formula is C19H33N. The highest BCUT2D eigenvalue weighted by atomic mass is 14.9. The van der Waals surface area contributed by atoms with Gasteiger partial charge in [-0.1, -0.05) is 89.1 Å². The molecule has 1 nitrogen and oxygen atoms in total. The Labute approximate surface area is 126 Å². The number of nitrogens with one attached hydrogen (secondary N) is 1. The van der Waals surface area contributed by atoms with Crippen LogP contribution in [0.25, 0.3) is 0 Å². The lowest BCUT2D eigenvalue weighted by atomic mass is 9.99. The quantitative estimate of drug-likeness (QED) is 0.507. The van der Waals surface area contributed by atoms with Gasteiger partial charge in [0, 0.05) is 6.04 Å². The van der Waals surface area contributed by atoms with Crippen LogP contribution in [0.4, 0.5) is 0 Å². The Bertz CT molecular complexity index is 307. The average Bonchev–Trinajstić information content (AvgIpc) is 2.47. The molecule has 1 aromatic rings. The molecular weight excluding hydrogens is 242 g/mol. The molecule has 1 atom stereocenters. The Morgan fingerprint density at radius 1 is 0.850 bits per heavy atom. The number of hydrogen-bond donors (Lipinski definition) is 1. The second-order valence-electron chi connectivity index (χ2n) is 5.85. The van der Waals surface area contributed by atoms with Crippen molar-refractivity contribution in [3.63, 3.8) is 0 Å². The Balaban J connectivity index is 2.15. The van der Waals surface area contributed by atoms with Gasteiger partial charge >= 0.3 is 0 Å². The molecule has 0 saturated heterocycles. The molecule has 0 fully saturated rings. The summed E-state index contributed by atoms with van der Waals surface area (Å²) in [6, 6.07) is 11.5. The summed E-state index contributed by atoms with van der Waals surface area (Å²) in [7, 11) is 0. The number of benzene rings is 1. The predicted molar refractivity (Wildman–Crippen MR) is 90.2 cm³/mol. The van der Waals surface area contributed by atoms with Gasteiger partial charge in [-0.2, -0.15) is 0 Å². The summed E-state index contributed by atoms with van der Waals surface area (Å²) in [5.41, 5.74) is 1.46. The molecule has 0 spiro atoms. The van der Waals surface area contributed by atoms with Gasteiger partial charge in [-0.25, -0.2) is 0 Å². The van der Waals surface area contributed by atoms with E-state index < -0.39 is 0 Å². The van der Waals surface area contributed by atoms with Crippen molar-refractivity contribution >= 4 is 0 Å². The van der Waals surface area contributed by atoms with Gasteiger partial charge < -0.3 is 5.32 Å². The summed E-state index contributed by atoms with van der Waals surface area (Å²) < 4.78 is 0. The van der Waals surface area contributed by atoms with Crippen molar-refractivity contribution in [3.8, 4) is 0 Å². The van der Waals surface area contributed by atoms with E-state index in [9.17, 15) is 0 Å². The topological polar surface area (TPSA) is 12.0 Å². The van der Waals surface area contributed by atoms with Crippen LogP contribution in [-0.2, 0) is 6.42 Å². The van der Waals surface area contributed by atoms with Crippen LogP contribution in [0.1, 0.15) is 70.8 Å². The number of hydrogen-bond acceptors (Lipinski definition) is 1. The molecule has 1 unspecified atom stereocenters. The molecule has 0 aliphatic rings. The van der Waals surface area contributed by atoms with Crippen LogP contribution in [0.5, 0.6) is 0 Å². The summed E-state index contributed by atoms with van der Waals surface area (Å²) in [6.07, 6.45) is 12.3. The van der Waals surface area contributed by atoms with Crippen molar-refractivity contribution in [2.45, 2.75) is 77.7 Å². The van der Waals surface area contributed by atoms with Crippen molar-refractivity contribution in [1.29, 1.82) is 0 Å². The summed E-state index contributed by atoms with van der Waals surface area (Å²) in [5.74, 6) is 0. The first-order valence-electron chi connectivity index (χ1n) is 8.64. The molecule has 0 saturated carbocycles. The molecule has 20 heavy (non-hydrogen) atoms. The molecule has 1 aromatic carbocycles. The van der Waals surface area contributed by atoms with Crippen molar-refractivity contribution in [1.82, 2.24) is 5.32 Å². The molecule has 0 heterocycles. The Morgan fingerprint density at radius 2 is 1.50 bits per heavy atom. The zero-order valence-electron chi connectivity index (χ0n) is 13.5. The van der Waals surface area contributed by atoms with E-state index in [0.29, 0.717) is 6.04 Å². The molecule has 114 valence electrons. The first kappa shape index (κ1) is 17.2. The fourth-order valence-corrected chi connectivity index (χ4v) is 2.81. The van der Waals surface area contributed by atoms with Crippen LogP contribution in [0.15, 0.2) is 30.3 Å². The van der Waals surface area contributed by atoms with Gasteiger partial charge in [0.25, 0.3) is 0 Å². The first-order chi connectivity index (χ1) is 9.86. The second-order valence-corrected chi connectivity index (χ2v) is 5.85.